The van der Waals surface area contributed by atoms with Crippen molar-refractivity contribution < 1.29 is 25.8 Å². The van der Waals surface area contributed by atoms with Gasteiger partial charge in [-0.1, -0.05) is 13.3 Å². The Labute approximate surface area is 165 Å². The minimum absolute atomic E-state index is 0.0120. The fourth-order valence-corrected chi connectivity index (χ4v) is 5.75. The Morgan fingerprint density at radius 3 is 2.71 bits per heavy atom. The lowest BCUT2D eigenvalue weighted by molar-refractivity contribution is -0.134. The number of halogens is 3. The molecule has 28 heavy (non-hydrogen) atoms. The Morgan fingerprint density at radius 1 is 1.29 bits per heavy atom. The van der Waals surface area contributed by atoms with Crippen molar-refractivity contribution in [3.63, 3.8) is 0 Å². The summed E-state index contributed by atoms with van der Waals surface area (Å²) in [4.78, 5) is 13.8. The van der Waals surface area contributed by atoms with E-state index in [1.54, 1.807) is 0 Å². The van der Waals surface area contributed by atoms with Gasteiger partial charge in [-0.15, -0.1) is 11.3 Å². The molecule has 0 saturated carbocycles. The van der Waals surface area contributed by atoms with Gasteiger partial charge < -0.3 is 4.18 Å². The van der Waals surface area contributed by atoms with Crippen LogP contribution < -0.4 is 9.61 Å². The fraction of sp³-hybridized carbons (Fsp3) is 0.526. The molecule has 1 atom stereocenters. The van der Waals surface area contributed by atoms with Crippen LogP contribution >= 0.6 is 11.3 Å². The molecule has 1 aromatic heterocycles. The van der Waals surface area contributed by atoms with Gasteiger partial charge in [0.2, 0.25) is 0 Å². The zero-order valence-corrected chi connectivity index (χ0v) is 17.0. The number of benzene rings is 1. The van der Waals surface area contributed by atoms with E-state index in [0.29, 0.717) is 16.0 Å². The topological polar surface area (TPSA) is 60.4 Å². The van der Waals surface area contributed by atoms with Crippen LogP contribution in [-0.4, -0.2) is 20.3 Å². The minimum atomic E-state index is -4.40. The van der Waals surface area contributed by atoms with Gasteiger partial charge in [0.05, 0.1) is 5.75 Å². The first kappa shape index (κ1) is 21.1. The van der Waals surface area contributed by atoms with Gasteiger partial charge in [0.25, 0.3) is 0 Å². The maximum absolute atomic E-state index is 12.7. The SMILES string of the molecule is CCC1CCc2c(sc3cc(OS(=O)(=O)CCCC(F)(F)F)ccc3c2=O)C1. The van der Waals surface area contributed by atoms with Crippen LogP contribution in [0.5, 0.6) is 5.75 Å². The van der Waals surface area contributed by atoms with Crippen LogP contribution in [0, 0.1) is 5.92 Å². The molecule has 3 rings (SSSR count). The largest absolute Gasteiger partial charge is 0.389 e. The summed E-state index contributed by atoms with van der Waals surface area (Å²) in [5, 5.41) is 0.514. The normalized spacial score (nSPS) is 17.5. The Morgan fingerprint density at radius 2 is 2.04 bits per heavy atom. The van der Waals surface area contributed by atoms with Gasteiger partial charge in [0, 0.05) is 26.9 Å². The highest BCUT2D eigenvalue weighted by Gasteiger charge is 2.28. The standard InChI is InChI=1S/C19H21F3O4S2/c1-2-12-4-6-14-16(10-12)27-17-11-13(5-7-15(17)18(14)23)26-28(24,25)9-3-8-19(20,21)22/h5,7,11-12H,2-4,6,8-10H2,1H3. The summed E-state index contributed by atoms with van der Waals surface area (Å²) in [5.74, 6) is -0.171. The first-order valence-corrected chi connectivity index (χ1v) is 11.5. The van der Waals surface area contributed by atoms with Gasteiger partial charge in [0.1, 0.15) is 5.75 Å². The van der Waals surface area contributed by atoms with Crippen molar-refractivity contribution in [2.24, 2.45) is 5.92 Å². The molecular formula is C19H21F3O4S2. The van der Waals surface area contributed by atoms with Crippen molar-refractivity contribution >= 4 is 31.5 Å². The molecule has 4 nitrogen and oxygen atoms in total. The summed E-state index contributed by atoms with van der Waals surface area (Å²) in [6.07, 6.45) is -2.52. The lowest BCUT2D eigenvalue weighted by atomic mass is 9.87. The Balaban J connectivity index is 1.83. The zero-order valence-electron chi connectivity index (χ0n) is 15.3. The molecule has 0 amide bonds. The number of fused-ring (bicyclic) bond motifs is 2. The van der Waals surface area contributed by atoms with Crippen LogP contribution in [-0.2, 0) is 23.0 Å². The first-order valence-electron chi connectivity index (χ1n) is 9.15. The molecule has 0 bridgehead atoms. The number of hydrogen-bond acceptors (Lipinski definition) is 5. The predicted molar refractivity (Wildman–Crippen MR) is 104 cm³/mol. The van der Waals surface area contributed by atoms with Crippen LogP contribution in [0.15, 0.2) is 23.0 Å². The van der Waals surface area contributed by atoms with E-state index in [-0.39, 0.29) is 11.2 Å². The average Bonchev–Trinajstić information content (AvgIpc) is 2.59. The van der Waals surface area contributed by atoms with Crippen LogP contribution in [0.4, 0.5) is 13.2 Å². The third kappa shape index (κ3) is 5.05. The van der Waals surface area contributed by atoms with E-state index in [9.17, 15) is 26.4 Å². The molecule has 0 fully saturated rings. The molecule has 154 valence electrons. The number of alkyl halides is 3. The molecule has 1 aliphatic carbocycles. The summed E-state index contributed by atoms with van der Waals surface area (Å²) in [6.45, 7) is 2.12. The molecule has 9 heteroatoms. The predicted octanol–water partition coefficient (Wildman–Crippen LogP) is 4.83. The minimum Gasteiger partial charge on any atom is -0.382 e. The van der Waals surface area contributed by atoms with Crippen LogP contribution in [0.2, 0.25) is 0 Å². The van der Waals surface area contributed by atoms with Crippen molar-refractivity contribution in [1.29, 1.82) is 0 Å². The molecule has 0 aliphatic heterocycles. The average molecular weight is 435 g/mol. The van der Waals surface area contributed by atoms with E-state index in [1.165, 1.54) is 29.5 Å². The van der Waals surface area contributed by atoms with Crippen LogP contribution in [0.25, 0.3) is 10.1 Å². The summed E-state index contributed by atoms with van der Waals surface area (Å²) >= 11 is 1.46. The van der Waals surface area contributed by atoms with Crippen molar-refractivity contribution in [3.8, 4) is 5.75 Å². The van der Waals surface area contributed by atoms with Crippen molar-refractivity contribution in [1.82, 2.24) is 0 Å². The van der Waals surface area contributed by atoms with Gasteiger partial charge in [0.15, 0.2) is 5.43 Å². The van der Waals surface area contributed by atoms with Crippen LogP contribution in [0.3, 0.4) is 0 Å². The molecule has 0 saturated heterocycles. The molecule has 1 aromatic carbocycles. The quantitative estimate of drug-likeness (QED) is 0.611. The lowest BCUT2D eigenvalue weighted by Gasteiger charge is -2.22. The number of rotatable bonds is 6. The first-order chi connectivity index (χ1) is 13.1. The Bertz CT molecular complexity index is 1030. The maximum Gasteiger partial charge on any atom is 0.389 e. The lowest BCUT2D eigenvalue weighted by Crippen LogP contribution is -2.20. The molecular weight excluding hydrogens is 413 g/mol. The van der Waals surface area contributed by atoms with E-state index < -0.39 is 34.9 Å². The second-order valence-corrected chi connectivity index (χ2v) is 9.90. The molecule has 0 spiro atoms. The highest BCUT2D eigenvalue weighted by molar-refractivity contribution is 7.87. The Hall–Kier alpha value is -1.61. The van der Waals surface area contributed by atoms with E-state index in [1.807, 2.05) is 0 Å². The van der Waals surface area contributed by atoms with E-state index in [4.69, 9.17) is 4.18 Å². The molecule has 0 N–H and O–H groups in total. The monoisotopic (exact) mass is 434 g/mol. The third-order valence-electron chi connectivity index (χ3n) is 4.97. The van der Waals surface area contributed by atoms with Gasteiger partial charge in [-0.3, -0.25) is 4.79 Å². The van der Waals surface area contributed by atoms with Gasteiger partial charge >= 0.3 is 16.3 Å². The van der Waals surface area contributed by atoms with E-state index in [0.717, 1.165) is 36.1 Å². The second kappa shape index (κ2) is 8.02. The summed E-state index contributed by atoms with van der Waals surface area (Å²) in [7, 11) is -4.14. The second-order valence-electron chi connectivity index (χ2n) is 7.07. The summed E-state index contributed by atoms with van der Waals surface area (Å²) in [5.41, 5.74) is 0.813. The van der Waals surface area contributed by atoms with Crippen molar-refractivity contribution in [2.75, 3.05) is 5.75 Å². The third-order valence-corrected chi connectivity index (χ3v) is 7.43. The summed E-state index contributed by atoms with van der Waals surface area (Å²) in [6, 6.07) is 4.39. The van der Waals surface area contributed by atoms with Gasteiger partial charge in [-0.25, -0.2) is 0 Å². The highest BCUT2D eigenvalue weighted by atomic mass is 32.2. The summed E-state index contributed by atoms with van der Waals surface area (Å²) < 4.78 is 66.1. The van der Waals surface area contributed by atoms with E-state index in [2.05, 4.69) is 6.92 Å². The molecule has 1 unspecified atom stereocenters. The number of hydrogen-bond donors (Lipinski definition) is 0. The fourth-order valence-electron chi connectivity index (χ4n) is 3.43. The molecule has 2 aromatic rings. The molecule has 1 heterocycles. The van der Waals surface area contributed by atoms with Crippen LogP contribution in [0.1, 0.15) is 43.0 Å². The van der Waals surface area contributed by atoms with Gasteiger partial charge in [-0.05, 0) is 49.8 Å². The zero-order chi connectivity index (χ0) is 20.5. The molecule has 0 radical (unpaired) electrons. The molecule has 1 aliphatic rings. The maximum atomic E-state index is 12.7. The van der Waals surface area contributed by atoms with Crippen molar-refractivity contribution in [3.05, 3.63) is 38.9 Å². The van der Waals surface area contributed by atoms with E-state index >= 15 is 0 Å². The van der Waals surface area contributed by atoms with Gasteiger partial charge in [-0.2, -0.15) is 21.6 Å². The Kier molecular flexibility index (Phi) is 6.05. The smallest absolute Gasteiger partial charge is 0.382 e. The highest BCUT2D eigenvalue weighted by Crippen LogP contribution is 2.33. The van der Waals surface area contributed by atoms with Crippen molar-refractivity contribution in [2.45, 2.75) is 51.6 Å².